The van der Waals surface area contributed by atoms with Crippen LogP contribution in [0.3, 0.4) is 0 Å². The molecule has 86 valence electrons. The molecule has 1 aromatic carbocycles. The minimum Gasteiger partial charge on any atom is -0.399 e. The third-order valence-electron chi connectivity index (χ3n) is 3.40. The van der Waals surface area contributed by atoms with Gasteiger partial charge in [0.25, 0.3) is 0 Å². The molecule has 0 N–H and O–H groups in total. The quantitative estimate of drug-likeness (QED) is 0.676. The number of rotatable bonds is 1. The highest BCUT2D eigenvalue weighted by Crippen LogP contribution is 2.36. The number of hydrogen-bond donors (Lipinski definition) is 0. The predicted molar refractivity (Wildman–Crippen MR) is 66.9 cm³/mol. The summed E-state index contributed by atoms with van der Waals surface area (Å²) >= 11 is 0. The van der Waals surface area contributed by atoms with Gasteiger partial charge >= 0.3 is 7.12 Å². The summed E-state index contributed by atoms with van der Waals surface area (Å²) in [5.41, 5.74) is 0.535. The highest BCUT2D eigenvalue weighted by atomic mass is 16.7. The first-order valence-corrected chi connectivity index (χ1v) is 5.57. The molecule has 0 bridgehead atoms. The zero-order valence-corrected chi connectivity index (χ0v) is 10.5. The van der Waals surface area contributed by atoms with Crippen molar-refractivity contribution in [2.45, 2.75) is 45.8 Å². The molecule has 1 aromatic rings. The summed E-state index contributed by atoms with van der Waals surface area (Å²) in [5.74, 6) is 0. The second-order valence-corrected chi connectivity index (χ2v) is 5.32. The van der Waals surface area contributed by atoms with Gasteiger partial charge < -0.3 is 9.31 Å². The maximum atomic E-state index is 8.00. The minimum absolute atomic E-state index is 0.304. The molecule has 0 radical (unpaired) electrons. The summed E-state index contributed by atoms with van der Waals surface area (Å²) in [5, 5.41) is 0. The smallest absolute Gasteiger partial charge is 0.399 e. The maximum Gasteiger partial charge on any atom is 0.494 e. The normalized spacial score (nSPS) is 24.2. The van der Waals surface area contributed by atoms with E-state index in [4.69, 9.17) is 12.1 Å². The van der Waals surface area contributed by atoms with Crippen LogP contribution in [0, 0.1) is 6.92 Å². The summed E-state index contributed by atoms with van der Waals surface area (Å²) in [6.45, 7) is 9.75. The van der Waals surface area contributed by atoms with Crippen molar-refractivity contribution in [2.75, 3.05) is 0 Å². The van der Waals surface area contributed by atoms with Crippen molar-refractivity contribution >= 4 is 12.6 Å². The molecule has 0 unspecified atom stereocenters. The molecule has 1 aliphatic rings. The summed E-state index contributed by atoms with van der Waals surface area (Å²) in [7, 11) is -0.629. The Morgan fingerprint density at radius 1 is 1.06 bits per heavy atom. The van der Waals surface area contributed by atoms with E-state index in [9.17, 15) is 0 Å². The average Bonchev–Trinajstić information content (AvgIpc) is 2.32. The van der Waals surface area contributed by atoms with Crippen LogP contribution in [0.25, 0.3) is 0 Å². The summed E-state index contributed by atoms with van der Waals surface area (Å²) in [6, 6.07) is 4.08. The van der Waals surface area contributed by atoms with E-state index in [0.29, 0.717) is 17.5 Å². The first-order valence-electron chi connectivity index (χ1n) is 6.57. The standard InChI is InChI=1S/C13H19BO2/c1-10-6-8-11(9-7-10)14-15-12(2,3)13(4,5)16-14/h6-9H,1-5H3/i8D,9D. The molecule has 0 saturated carbocycles. The van der Waals surface area contributed by atoms with E-state index in [2.05, 4.69) is 0 Å². The Hall–Kier alpha value is -0.795. The molecule has 3 heteroatoms. The van der Waals surface area contributed by atoms with Gasteiger partial charge in [0.15, 0.2) is 0 Å². The van der Waals surface area contributed by atoms with Crippen LogP contribution in [-0.2, 0) is 9.31 Å². The number of hydrogen-bond acceptors (Lipinski definition) is 2. The van der Waals surface area contributed by atoms with E-state index < -0.39 is 18.3 Å². The Balaban J connectivity index is 2.42. The Kier molecular flexibility index (Phi) is 2.09. The molecular formula is C13H19BO2. The molecule has 2 rings (SSSR count). The fourth-order valence-corrected chi connectivity index (χ4v) is 1.56. The lowest BCUT2D eigenvalue weighted by atomic mass is 9.79. The maximum absolute atomic E-state index is 8.00. The molecule has 0 aliphatic carbocycles. The van der Waals surface area contributed by atoms with Crippen molar-refractivity contribution in [1.82, 2.24) is 0 Å². The first kappa shape index (κ1) is 9.26. The zero-order chi connectivity index (χ0) is 13.7. The molecule has 1 heterocycles. The Morgan fingerprint density at radius 3 is 1.94 bits per heavy atom. The fraction of sp³-hybridized carbons (Fsp3) is 0.538. The van der Waals surface area contributed by atoms with Crippen LogP contribution in [0.4, 0.5) is 0 Å². The average molecular weight is 220 g/mol. The highest BCUT2D eigenvalue weighted by molar-refractivity contribution is 6.62. The lowest BCUT2D eigenvalue weighted by Crippen LogP contribution is -2.41. The topological polar surface area (TPSA) is 18.5 Å². The number of aryl methyl sites for hydroxylation is 1. The molecular weight excluding hydrogens is 199 g/mol. The van der Waals surface area contributed by atoms with Gasteiger partial charge in [-0.3, -0.25) is 0 Å². The molecule has 1 aliphatic heterocycles. The fourth-order valence-electron chi connectivity index (χ4n) is 1.56. The predicted octanol–water partition coefficient (Wildman–Crippen LogP) is 2.29. The van der Waals surface area contributed by atoms with Crippen molar-refractivity contribution in [1.29, 1.82) is 0 Å². The van der Waals surface area contributed by atoms with Crippen molar-refractivity contribution in [3.63, 3.8) is 0 Å². The second kappa shape index (κ2) is 3.61. The van der Waals surface area contributed by atoms with Crippen molar-refractivity contribution in [3.8, 4) is 0 Å². The largest absolute Gasteiger partial charge is 0.494 e. The Morgan fingerprint density at radius 2 is 1.50 bits per heavy atom. The van der Waals surface area contributed by atoms with E-state index in [1.807, 2.05) is 34.6 Å². The van der Waals surface area contributed by atoms with Crippen molar-refractivity contribution < 1.29 is 12.1 Å². The monoisotopic (exact) mass is 220 g/mol. The first-order chi connectivity index (χ1) is 8.14. The molecule has 2 nitrogen and oxygen atoms in total. The van der Waals surface area contributed by atoms with Crippen molar-refractivity contribution in [3.05, 3.63) is 29.8 Å². The highest BCUT2D eigenvalue weighted by Gasteiger charge is 2.51. The van der Waals surface area contributed by atoms with Gasteiger partial charge in [-0.1, -0.05) is 29.8 Å². The van der Waals surface area contributed by atoms with Crippen LogP contribution < -0.4 is 5.46 Å². The van der Waals surface area contributed by atoms with Gasteiger partial charge in [0.2, 0.25) is 0 Å². The van der Waals surface area contributed by atoms with Crippen LogP contribution in [0.1, 0.15) is 36.0 Å². The van der Waals surface area contributed by atoms with Gasteiger partial charge in [-0.05, 0) is 40.1 Å². The molecule has 16 heavy (non-hydrogen) atoms. The Bertz CT molecular complexity index is 447. The molecule has 0 amide bonds. The Labute approximate surface area is 101 Å². The van der Waals surface area contributed by atoms with Crippen molar-refractivity contribution in [2.24, 2.45) is 0 Å². The molecule has 1 fully saturated rings. The lowest BCUT2D eigenvalue weighted by Gasteiger charge is -2.32. The molecule has 0 aromatic heterocycles. The van der Waals surface area contributed by atoms with Crippen LogP contribution in [0.15, 0.2) is 24.2 Å². The van der Waals surface area contributed by atoms with E-state index in [-0.39, 0.29) is 0 Å². The second-order valence-electron chi connectivity index (χ2n) is 5.32. The van der Waals surface area contributed by atoms with Gasteiger partial charge in [0.1, 0.15) is 0 Å². The SMILES string of the molecule is [2H]c1cc(C)cc([2H])c1B1OC(C)(C)C(C)(C)O1. The van der Waals surface area contributed by atoms with Gasteiger partial charge in [0, 0.05) is 0 Å². The van der Waals surface area contributed by atoms with E-state index in [1.54, 1.807) is 12.1 Å². The van der Waals surface area contributed by atoms with Gasteiger partial charge in [-0.25, -0.2) is 0 Å². The van der Waals surface area contributed by atoms with E-state index in [0.717, 1.165) is 5.56 Å². The summed E-state index contributed by atoms with van der Waals surface area (Å²) in [6.07, 6.45) is 0. The third-order valence-corrected chi connectivity index (χ3v) is 3.40. The molecule has 0 atom stereocenters. The summed E-state index contributed by atoms with van der Waals surface area (Å²) < 4.78 is 27.8. The van der Waals surface area contributed by atoms with Crippen LogP contribution in [-0.4, -0.2) is 18.3 Å². The summed E-state index contributed by atoms with van der Waals surface area (Å²) in [4.78, 5) is 0. The molecule has 1 saturated heterocycles. The lowest BCUT2D eigenvalue weighted by molar-refractivity contribution is 0.00578. The van der Waals surface area contributed by atoms with E-state index >= 15 is 0 Å². The zero-order valence-electron chi connectivity index (χ0n) is 12.5. The van der Waals surface area contributed by atoms with Crippen LogP contribution in [0.5, 0.6) is 0 Å². The van der Waals surface area contributed by atoms with Crippen LogP contribution >= 0.6 is 0 Å². The minimum atomic E-state index is -0.629. The van der Waals surface area contributed by atoms with Crippen LogP contribution in [0.2, 0.25) is 0 Å². The third kappa shape index (κ3) is 1.90. The molecule has 0 spiro atoms. The van der Waals surface area contributed by atoms with Gasteiger partial charge in [-0.2, -0.15) is 0 Å². The van der Waals surface area contributed by atoms with E-state index in [1.165, 1.54) is 0 Å². The van der Waals surface area contributed by atoms with Gasteiger partial charge in [-0.15, -0.1) is 0 Å². The number of benzene rings is 1. The van der Waals surface area contributed by atoms with Gasteiger partial charge in [0.05, 0.1) is 13.9 Å².